The van der Waals surface area contributed by atoms with Crippen LogP contribution in [0.4, 0.5) is 5.69 Å². The number of anilines is 1. The molecule has 2 nitrogen and oxygen atoms in total. The Balaban J connectivity index is 2.12. The van der Waals surface area contributed by atoms with Crippen molar-refractivity contribution in [1.82, 2.24) is 0 Å². The molecule has 1 fully saturated rings. The smallest absolute Gasteiger partial charge is 0.0380 e. The van der Waals surface area contributed by atoms with Gasteiger partial charge in [0.1, 0.15) is 0 Å². The molecule has 1 aromatic carbocycles. The minimum absolute atomic E-state index is 0.210. The van der Waals surface area contributed by atoms with Gasteiger partial charge in [0.2, 0.25) is 0 Å². The molecule has 106 valence electrons. The SMILES string of the molecule is CCCCN(c1ccc(CC(C)N)c(Br)c1)C1CC1. The number of nitrogens with zero attached hydrogens (tertiary/aromatic N) is 1. The number of nitrogens with two attached hydrogens (primary N) is 1. The zero-order valence-corrected chi connectivity index (χ0v) is 13.6. The molecule has 0 spiro atoms. The van der Waals surface area contributed by atoms with Gasteiger partial charge in [0.25, 0.3) is 0 Å². The molecule has 0 aliphatic heterocycles. The molecule has 1 unspecified atom stereocenters. The van der Waals surface area contributed by atoms with Crippen molar-refractivity contribution < 1.29 is 0 Å². The first kappa shape index (κ1) is 14.9. The number of hydrogen-bond donors (Lipinski definition) is 1. The Labute approximate surface area is 125 Å². The maximum atomic E-state index is 5.88. The summed E-state index contributed by atoms with van der Waals surface area (Å²) in [6.07, 6.45) is 6.16. The molecule has 1 aliphatic carbocycles. The number of benzene rings is 1. The summed E-state index contributed by atoms with van der Waals surface area (Å²) in [6, 6.07) is 7.74. The lowest BCUT2D eigenvalue weighted by Crippen LogP contribution is -2.26. The van der Waals surface area contributed by atoms with E-state index in [2.05, 4.69) is 52.9 Å². The lowest BCUT2D eigenvalue weighted by atomic mass is 10.1. The molecule has 0 saturated heterocycles. The zero-order valence-electron chi connectivity index (χ0n) is 12.0. The molecule has 1 aliphatic rings. The molecular weight excluding hydrogens is 300 g/mol. The highest BCUT2D eigenvalue weighted by molar-refractivity contribution is 9.10. The van der Waals surface area contributed by atoms with Gasteiger partial charge in [0.05, 0.1) is 0 Å². The lowest BCUT2D eigenvalue weighted by Gasteiger charge is -2.25. The highest BCUT2D eigenvalue weighted by Gasteiger charge is 2.28. The summed E-state index contributed by atoms with van der Waals surface area (Å²) in [5.74, 6) is 0. The Hall–Kier alpha value is -0.540. The summed E-state index contributed by atoms with van der Waals surface area (Å²) in [6.45, 7) is 5.49. The van der Waals surface area contributed by atoms with Crippen molar-refractivity contribution in [3.8, 4) is 0 Å². The summed E-state index contributed by atoms with van der Waals surface area (Å²) in [7, 11) is 0. The fourth-order valence-corrected chi connectivity index (χ4v) is 2.99. The molecule has 0 heterocycles. The normalized spacial score (nSPS) is 16.4. The Morgan fingerprint density at radius 1 is 1.42 bits per heavy atom. The molecule has 3 heteroatoms. The van der Waals surface area contributed by atoms with E-state index >= 15 is 0 Å². The van der Waals surface area contributed by atoms with E-state index in [0.717, 1.165) is 12.5 Å². The molecule has 1 aromatic rings. The summed E-state index contributed by atoms with van der Waals surface area (Å²) in [5.41, 5.74) is 8.55. The average Bonchev–Trinajstić information content (AvgIpc) is 3.17. The van der Waals surface area contributed by atoms with Crippen molar-refractivity contribution >= 4 is 21.6 Å². The third kappa shape index (κ3) is 4.22. The molecule has 2 N–H and O–H groups in total. The standard InChI is InChI=1S/C16H25BrN2/c1-3-4-9-19(14-7-8-14)15-6-5-13(10-12(2)18)16(17)11-15/h5-6,11-12,14H,3-4,7-10,18H2,1-2H3. The first-order chi connectivity index (χ1) is 9.11. The number of halogens is 1. The van der Waals surface area contributed by atoms with E-state index in [1.54, 1.807) is 0 Å². The maximum Gasteiger partial charge on any atom is 0.0380 e. The number of hydrogen-bond acceptors (Lipinski definition) is 2. The third-order valence-corrected chi connectivity index (χ3v) is 4.39. The van der Waals surface area contributed by atoms with Crippen LogP contribution in [0.2, 0.25) is 0 Å². The fourth-order valence-electron chi connectivity index (χ4n) is 2.46. The second-order valence-corrected chi connectivity index (χ2v) is 6.59. The molecule has 0 amide bonds. The van der Waals surface area contributed by atoms with Crippen LogP contribution in [0.25, 0.3) is 0 Å². The van der Waals surface area contributed by atoms with Gasteiger partial charge >= 0.3 is 0 Å². The van der Waals surface area contributed by atoms with Gasteiger partial charge in [0.15, 0.2) is 0 Å². The molecule has 2 rings (SSSR count). The Bertz CT molecular complexity index is 413. The van der Waals surface area contributed by atoms with Gasteiger partial charge in [-0.3, -0.25) is 0 Å². The molecule has 1 saturated carbocycles. The second-order valence-electron chi connectivity index (χ2n) is 5.74. The van der Waals surface area contributed by atoms with E-state index in [1.165, 1.54) is 48.0 Å². The van der Waals surface area contributed by atoms with E-state index in [-0.39, 0.29) is 6.04 Å². The van der Waals surface area contributed by atoms with E-state index in [0.29, 0.717) is 0 Å². The molecule has 0 aromatic heterocycles. The van der Waals surface area contributed by atoms with Crippen molar-refractivity contribution in [3.05, 3.63) is 28.2 Å². The summed E-state index contributed by atoms with van der Waals surface area (Å²) in [5, 5.41) is 0. The van der Waals surface area contributed by atoms with Crippen LogP contribution >= 0.6 is 15.9 Å². The van der Waals surface area contributed by atoms with Gasteiger partial charge in [-0.25, -0.2) is 0 Å². The highest BCUT2D eigenvalue weighted by atomic mass is 79.9. The van der Waals surface area contributed by atoms with E-state index in [4.69, 9.17) is 5.73 Å². The quantitative estimate of drug-likeness (QED) is 0.817. The van der Waals surface area contributed by atoms with Gasteiger partial charge in [-0.05, 0) is 50.3 Å². The van der Waals surface area contributed by atoms with Gasteiger partial charge in [-0.2, -0.15) is 0 Å². The van der Waals surface area contributed by atoms with Crippen LogP contribution in [0.3, 0.4) is 0 Å². The first-order valence-electron chi connectivity index (χ1n) is 7.42. The van der Waals surface area contributed by atoms with Gasteiger partial charge < -0.3 is 10.6 Å². The maximum absolute atomic E-state index is 5.88. The van der Waals surface area contributed by atoms with Crippen LogP contribution in [0.15, 0.2) is 22.7 Å². The fraction of sp³-hybridized carbons (Fsp3) is 0.625. The van der Waals surface area contributed by atoms with Crippen molar-refractivity contribution in [2.24, 2.45) is 5.73 Å². The van der Waals surface area contributed by atoms with Crippen molar-refractivity contribution in [2.75, 3.05) is 11.4 Å². The molecule has 0 bridgehead atoms. The lowest BCUT2D eigenvalue weighted by molar-refractivity contribution is 0.711. The average molecular weight is 325 g/mol. The van der Waals surface area contributed by atoms with Crippen LogP contribution in [0.5, 0.6) is 0 Å². The third-order valence-electron chi connectivity index (χ3n) is 3.65. The summed E-state index contributed by atoms with van der Waals surface area (Å²) < 4.78 is 1.20. The zero-order chi connectivity index (χ0) is 13.8. The largest absolute Gasteiger partial charge is 0.369 e. The highest BCUT2D eigenvalue weighted by Crippen LogP contribution is 2.34. The van der Waals surface area contributed by atoms with Crippen LogP contribution in [-0.4, -0.2) is 18.6 Å². The topological polar surface area (TPSA) is 29.3 Å². The monoisotopic (exact) mass is 324 g/mol. The minimum atomic E-state index is 0.210. The summed E-state index contributed by atoms with van der Waals surface area (Å²) >= 11 is 3.70. The van der Waals surface area contributed by atoms with Crippen molar-refractivity contribution in [1.29, 1.82) is 0 Å². The molecule has 19 heavy (non-hydrogen) atoms. The Kier molecular flexibility index (Phi) is 5.28. The van der Waals surface area contributed by atoms with Gasteiger partial charge in [0, 0.05) is 28.8 Å². The molecular formula is C16H25BrN2. The first-order valence-corrected chi connectivity index (χ1v) is 8.21. The van der Waals surface area contributed by atoms with E-state index < -0.39 is 0 Å². The number of rotatable bonds is 7. The van der Waals surface area contributed by atoms with E-state index in [9.17, 15) is 0 Å². The van der Waals surface area contributed by atoms with Crippen LogP contribution in [0, 0.1) is 0 Å². The molecule has 1 atom stereocenters. The summed E-state index contributed by atoms with van der Waals surface area (Å²) in [4.78, 5) is 2.57. The predicted molar refractivity (Wildman–Crippen MR) is 86.8 cm³/mol. The second kappa shape index (κ2) is 6.76. The Morgan fingerprint density at radius 3 is 2.68 bits per heavy atom. The Morgan fingerprint density at radius 2 is 2.16 bits per heavy atom. The van der Waals surface area contributed by atoms with Crippen LogP contribution in [-0.2, 0) is 6.42 Å². The minimum Gasteiger partial charge on any atom is -0.369 e. The van der Waals surface area contributed by atoms with Gasteiger partial charge in [-0.1, -0.05) is 35.3 Å². The van der Waals surface area contributed by atoms with Crippen molar-refractivity contribution in [2.45, 2.75) is 58.0 Å². The van der Waals surface area contributed by atoms with Crippen LogP contribution < -0.4 is 10.6 Å². The molecule has 0 radical (unpaired) electrons. The van der Waals surface area contributed by atoms with Crippen molar-refractivity contribution in [3.63, 3.8) is 0 Å². The predicted octanol–water partition coefficient (Wildman–Crippen LogP) is 4.11. The van der Waals surface area contributed by atoms with Gasteiger partial charge in [-0.15, -0.1) is 0 Å². The van der Waals surface area contributed by atoms with Crippen LogP contribution in [0.1, 0.15) is 45.1 Å². The number of unbranched alkanes of at least 4 members (excludes halogenated alkanes) is 1. The van der Waals surface area contributed by atoms with E-state index in [1.807, 2.05) is 0 Å².